The van der Waals surface area contributed by atoms with E-state index in [-0.39, 0.29) is 18.9 Å². The Hall–Kier alpha value is -1.95. The Kier molecular flexibility index (Phi) is 26.3. The fraction of sp³-hybridized carbons (Fsp3) is 0.500. The Morgan fingerprint density at radius 2 is 1.18 bits per heavy atom. The Morgan fingerprint density at radius 1 is 0.778 bits per heavy atom. The Bertz CT molecular complexity index is 1190. The molecule has 17 heteroatoms. The number of aliphatic hydroxyl groups excluding tert-OH is 1. The summed E-state index contributed by atoms with van der Waals surface area (Å²) in [6.07, 6.45) is -0.209. The second kappa shape index (κ2) is 26.2. The van der Waals surface area contributed by atoms with Gasteiger partial charge in [0, 0.05) is 21.4 Å². The quantitative estimate of drug-likeness (QED) is 0.113. The number of carbonyl (C=O) groups excluding carboxylic acids is 2. The summed E-state index contributed by atoms with van der Waals surface area (Å²) in [5.74, 6) is -0.199. The van der Waals surface area contributed by atoms with Gasteiger partial charge < -0.3 is 28.5 Å². The molecule has 0 fully saturated rings. The summed E-state index contributed by atoms with van der Waals surface area (Å²) in [5, 5.41) is 8.48. The molecule has 258 valence electrons. The summed E-state index contributed by atoms with van der Waals surface area (Å²) in [6.45, 7) is 10.6. The van der Waals surface area contributed by atoms with Gasteiger partial charge in [0.05, 0.1) is 25.5 Å². The van der Waals surface area contributed by atoms with Gasteiger partial charge in [0.1, 0.15) is 17.6 Å². The first-order valence-electron chi connectivity index (χ1n) is 13.9. The number of benzene rings is 2. The highest BCUT2D eigenvalue weighted by Crippen LogP contribution is 2.50. The first kappa shape index (κ1) is 45.2. The van der Waals surface area contributed by atoms with Gasteiger partial charge in [-0.25, -0.2) is 22.9 Å². The molecular weight excluding hydrogens is 693 g/mol. The van der Waals surface area contributed by atoms with Crippen LogP contribution in [0.1, 0.15) is 54.4 Å². The van der Waals surface area contributed by atoms with E-state index in [0.717, 1.165) is 0 Å². The van der Waals surface area contributed by atoms with Crippen molar-refractivity contribution in [2.75, 3.05) is 25.5 Å². The zero-order chi connectivity index (χ0) is 34.9. The molecule has 2 unspecified atom stereocenters. The zero-order valence-electron chi connectivity index (χ0n) is 26.2. The van der Waals surface area contributed by atoms with E-state index < -0.39 is 48.6 Å². The molecule has 4 atom stereocenters. The van der Waals surface area contributed by atoms with Crippen molar-refractivity contribution in [1.29, 1.82) is 0 Å². The third-order valence-corrected chi connectivity index (χ3v) is 8.18. The molecule has 0 heterocycles. The summed E-state index contributed by atoms with van der Waals surface area (Å²) in [7, 11) is 0.568. The number of halogens is 2. The number of carbonyl (C=O) groups is 2. The summed E-state index contributed by atoms with van der Waals surface area (Å²) < 4.78 is 58.1. The maximum absolute atomic E-state index is 12.6. The van der Waals surface area contributed by atoms with Crippen molar-refractivity contribution in [1.82, 2.24) is 0 Å². The first-order chi connectivity index (χ1) is 21.1. The predicted octanol–water partition coefficient (Wildman–Crippen LogP) is 7.27. The molecule has 45 heavy (non-hydrogen) atoms. The van der Waals surface area contributed by atoms with E-state index in [1.807, 2.05) is 26.0 Å². The average molecular weight is 738 g/mol. The lowest BCUT2D eigenvalue weighted by Gasteiger charge is -2.21. The Morgan fingerprint density at radius 3 is 1.53 bits per heavy atom. The highest BCUT2D eigenvalue weighted by atomic mass is 36.0. The molecule has 2 aromatic carbocycles. The van der Waals surface area contributed by atoms with E-state index in [4.69, 9.17) is 27.6 Å². The number of hydrogen-bond acceptors (Lipinski definition) is 11. The summed E-state index contributed by atoms with van der Waals surface area (Å²) in [4.78, 5) is 31.1. The van der Waals surface area contributed by atoms with E-state index in [9.17, 15) is 23.6 Å². The van der Waals surface area contributed by atoms with Crippen LogP contribution >= 0.6 is 36.6 Å². The molecule has 0 aliphatic carbocycles. The van der Waals surface area contributed by atoms with Crippen molar-refractivity contribution < 1.29 is 56.0 Å². The number of aliphatic hydroxyl groups is 1. The molecule has 2 rings (SSSR count). The molecular formula is C28H44Cl2O12P2S. The van der Waals surface area contributed by atoms with Crippen LogP contribution in [0, 0.1) is 0 Å². The van der Waals surface area contributed by atoms with Gasteiger partial charge in [0.25, 0.3) is 0 Å². The fourth-order valence-electron chi connectivity index (χ4n) is 2.82. The van der Waals surface area contributed by atoms with Gasteiger partial charge in [0.15, 0.2) is 6.10 Å². The van der Waals surface area contributed by atoms with Crippen molar-refractivity contribution in [2.24, 2.45) is 0 Å². The lowest BCUT2D eigenvalue weighted by Crippen LogP contribution is -2.23. The van der Waals surface area contributed by atoms with Crippen LogP contribution in [0.3, 0.4) is 0 Å². The minimum Gasteiger partial charge on any atom is -0.464 e. The number of ether oxygens (including phenoxy) is 2. The van der Waals surface area contributed by atoms with Gasteiger partial charge in [0.2, 0.25) is 9.23 Å². The molecule has 2 aromatic rings. The number of para-hydroxylation sites is 2. The molecule has 0 bridgehead atoms. The van der Waals surface area contributed by atoms with E-state index in [2.05, 4.69) is 26.1 Å². The molecule has 0 saturated heterocycles. The van der Waals surface area contributed by atoms with Crippen molar-refractivity contribution in [3.8, 4) is 11.5 Å². The molecule has 0 amide bonds. The third kappa shape index (κ3) is 25.9. The molecule has 0 aliphatic rings. The van der Waals surface area contributed by atoms with Crippen LogP contribution in [0.2, 0.25) is 0 Å². The molecule has 2 N–H and O–H groups in total. The van der Waals surface area contributed by atoms with Crippen LogP contribution < -0.4 is 9.05 Å². The highest BCUT2D eigenvalue weighted by molar-refractivity contribution is 8.26. The minimum atomic E-state index is -3.41. The smallest absolute Gasteiger partial charge is 0.379 e. The van der Waals surface area contributed by atoms with Gasteiger partial charge in [-0.15, -0.1) is 0 Å². The molecule has 0 aliphatic heterocycles. The Balaban J connectivity index is 0. The van der Waals surface area contributed by atoms with E-state index in [1.54, 1.807) is 62.4 Å². The van der Waals surface area contributed by atoms with Gasteiger partial charge in [-0.1, -0.05) is 50.2 Å². The average Bonchev–Trinajstić information content (AvgIpc) is 2.94. The van der Waals surface area contributed by atoms with Crippen LogP contribution in [0.25, 0.3) is 0 Å². The van der Waals surface area contributed by atoms with E-state index in [0.29, 0.717) is 30.9 Å². The molecule has 0 spiro atoms. The number of rotatable bonds is 14. The lowest BCUT2D eigenvalue weighted by molar-refractivity contribution is -0.152. The topological polar surface area (TPSA) is 172 Å². The SMILES string of the molecule is CCCP(=O)(O)Oc1ccccc1.CCCP(=O)(Oc1ccccc1)O[C@@H](C)C(=O)OCC.CCOC(=O)[C@H](C)O.O=S(Cl)Cl. The van der Waals surface area contributed by atoms with Crippen LogP contribution in [-0.2, 0) is 41.9 Å². The van der Waals surface area contributed by atoms with Crippen LogP contribution in [0.4, 0.5) is 0 Å². The zero-order valence-corrected chi connectivity index (χ0v) is 30.3. The molecule has 12 nitrogen and oxygen atoms in total. The lowest BCUT2D eigenvalue weighted by atomic mass is 10.3. The van der Waals surface area contributed by atoms with Crippen LogP contribution in [0.5, 0.6) is 11.5 Å². The van der Waals surface area contributed by atoms with Gasteiger partial charge in [-0.2, -0.15) is 0 Å². The minimum absolute atomic E-state index is 0.196. The van der Waals surface area contributed by atoms with Crippen molar-refractivity contribution >= 4 is 57.7 Å². The summed E-state index contributed by atoms with van der Waals surface area (Å²) >= 11 is 0. The maximum atomic E-state index is 12.6. The molecule has 0 radical (unpaired) electrons. The largest absolute Gasteiger partial charge is 0.464 e. The normalized spacial score (nSPS) is 14.1. The summed E-state index contributed by atoms with van der Waals surface area (Å²) in [5.41, 5.74) is 0. The van der Waals surface area contributed by atoms with Crippen molar-refractivity contribution in [3.63, 3.8) is 0 Å². The highest BCUT2D eigenvalue weighted by Gasteiger charge is 2.31. The Labute approximate surface area is 277 Å². The number of esters is 2. The second-order valence-corrected chi connectivity index (χ2v) is 15.1. The monoisotopic (exact) mass is 736 g/mol. The first-order valence-corrected chi connectivity index (χ1v) is 20.2. The predicted molar refractivity (Wildman–Crippen MR) is 177 cm³/mol. The fourth-order valence-corrected chi connectivity index (χ4v) is 5.72. The molecule has 0 saturated carbocycles. The number of hydrogen-bond donors (Lipinski definition) is 2. The van der Waals surface area contributed by atoms with Crippen molar-refractivity contribution in [3.05, 3.63) is 60.7 Å². The molecule has 0 aromatic heterocycles. The van der Waals surface area contributed by atoms with E-state index in [1.165, 1.54) is 13.8 Å². The summed E-state index contributed by atoms with van der Waals surface area (Å²) in [6, 6.07) is 17.5. The van der Waals surface area contributed by atoms with Gasteiger partial charge in [-0.3, -0.25) is 4.52 Å². The van der Waals surface area contributed by atoms with E-state index >= 15 is 0 Å². The van der Waals surface area contributed by atoms with Gasteiger partial charge in [-0.05, 0) is 64.8 Å². The standard InChI is InChI=1S/C14H21O5P.C9H13O3P.C5H10O3.Cl2OS/c1-4-11-20(16,18-12(3)14(15)17-5-2)19-13-9-7-6-8-10-13;1-2-8-13(10,11)12-9-6-4-3-5-7-9;1-3-8-5(7)4(2)6;1-4(2)3/h6-10,12H,4-5,11H2,1-3H3;3-7H,2,8H2,1H3,(H,10,11);4,6H,3H2,1-2H3;/t12-,20?;;4-;/m0.0./s1. The van der Waals surface area contributed by atoms with Crippen molar-refractivity contribution in [2.45, 2.75) is 66.6 Å². The third-order valence-electron chi connectivity index (χ3n) is 4.55. The maximum Gasteiger partial charge on any atom is 0.379 e. The van der Waals surface area contributed by atoms with Gasteiger partial charge >= 0.3 is 27.1 Å². The van der Waals surface area contributed by atoms with Crippen LogP contribution in [0.15, 0.2) is 60.7 Å². The second-order valence-electron chi connectivity index (χ2n) is 8.62. The van der Waals surface area contributed by atoms with Crippen LogP contribution in [-0.4, -0.2) is 63.9 Å².